The first-order valence-electron chi connectivity index (χ1n) is 10.8. The number of hydrogen-bond donors (Lipinski definition) is 0. The maximum absolute atomic E-state index is 13.5. The van der Waals surface area contributed by atoms with E-state index in [0.717, 1.165) is 28.6 Å². The van der Waals surface area contributed by atoms with Gasteiger partial charge in [0.15, 0.2) is 5.13 Å². The number of fused-ring (bicyclic) bond motifs is 1. The minimum atomic E-state index is -3.68. The number of carbonyl (C=O) groups is 1. The molecule has 1 fully saturated rings. The molecule has 0 saturated carbocycles. The number of aryl methyl sites for hydroxylation is 1. The highest BCUT2D eigenvalue weighted by Gasteiger charge is 2.28. The highest BCUT2D eigenvalue weighted by Crippen LogP contribution is 2.31. The number of amides is 1. The molecule has 1 amide bonds. The van der Waals surface area contributed by atoms with Crippen LogP contribution in [-0.4, -0.2) is 56.5 Å². The van der Waals surface area contributed by atoms with Gasteiger partial charge in [0.25, 0.3) is 5.91 Å². The molecule has 1 saturated heterocycles. The van der Waals surface area contributed by atoms with Gasteiger partial charge in [0.05, 0.1) is 28.3 Å². The molecule has 7 nitrogen and oxygen atoms in total. The van der Waals surface area contributed by atoms with Gasteiger partial charge < -0.3 is 4.74 Å². The average Bonchev–Trinajstić information content (AvgIpc) is 3.22. The fraction of sp³-hybridized carbons (Fsp3) is 0.391. The maximum atomic E-state index is 13.5. The molecule has 170 valence electrons. The SMILES string of the molecule is CCCCN(C(=O)c1cccc(S(=O)(=O)N2CCOCC2)c1)c1nc2ccc(C)cc2s1. The summed E-state index contributed by atoms with van der Waals surface area (Å²) in [4.78, 5) is 20.0. The molecule has 32 heavy (non-hydrogen) atoms. The highest BCUT2D eigenvalue weighted by molar-refractivity contribution is 7.89. The summed E-state index contributed by atoms with van der Waals surface area (Å²) in [5.41, 5.74) is 2.33. The van der Waals surface area contributed by atoms with Crippen molar-refractivity contribution in [1.29, 1.82) is 0 Å². The van der Waals surface area contributed by atoms with E-state index < -0.39 is 10.0 Å². The molecule has 1 aliphatic heterocycles. The van der Waals surface area contributed by atoms with E-state index in [0.29, 0.717) is 43.5 Å². The summed E-state index contributed by atoms with van der Waals surface area (Å²) in [5.74, 6) is -0.242. The first kappa shape index (κ1) is 22.8. The predicted molar refractivity (Wildman–Crippen MR) is 127 cm³/mol. The molecule has 0 bridgehead atoms. The first-order valence-corrected chi connectivity index (χ1v) is 13.0. The van der Waals surface area contributed by atoms with Crippen LogP contribution in [0.3, 0.4) is 0 Å². The van der Waals surface area contributed by atoms with Crippen LogP contribution in [0.1, 0.15) is 35.7 Å². The molecule has 9 heteroatoms. The number of unbranched alkanes of at least 4 members (excludes halogenated alkanes) is 1. The Bertz CT molecular complexity index is 1220. The molecule has 1 aromatic heterocycles. The van der Waals surface area contributed by atoms with E-state index in [1.807, 2.05) is 19.1 Å². The molecule has 0 spiro atoms. The minimum Gasteiger partial charge on any atom is -0.379 e. The zero-order valence-electron chi connectivity index (χ0n) is 18.3. The fourth-order valence-electron chi connectivity index (χ4n) is 3.62. The van der Waals surface area contributed by atoms with Gasteiger partial charge in [-0.2, -0.15) is 4.31 Å². The number of thiazole rings is 1. The van der Waals surface area contributed by atoms with E-state index in [1.165, 1.54) is 21.7 Å². The Labute approximate surface area is 192 Å². The number of sulfonamides is 1. The molecular formula is C23H27N3O4S2. The van der Waals surface area contributed by atoms with Crippen molar-refractivity contribution in [2.24, 2.45) is 0 Å². The highest BCUT2D eigenvalue weighted by atomic mass is 32.2. The Morgan fingerprint density at radius 3 is 2.72 bits per heavy atom. The van der Waals surface area contributed by atoms with E-state index in [4.69, 9.17) is 4.74 Å². The summed E-state index contributed by atoms with van der Waals surface area (Å²) in [7, 11) is -3.68. The summed E-state index contributed by atoms with van der Waals surface area (Å²) in [6.45, 7) is 6.00. The van der Waals surface area contributed by atoms with Crippen LogP contribution in [0, 0.1) is 6.92 Å². The molecule has 0 atom stereocenters. The number of hydrogen-bond acceptors (Lipinski definition) is 6. The second kappa shape index (κ2) is 9.66. The number of morpholine rings is 1. The van der Waals surface area contributed by atoms with Crippen LogP contribution >= 0.6 is 11.3 Å². The summed E-state index contributed by atoms with van der Waals surface area (Å²) >= 11 is 1.48. The van der Waals surface area contributed by atoms with Crippen LogP contribution in [-0.2, 0) is 14.8 Å². The zero-order valence-corrected chi connectivity index (χ0v) is 19.9. The van der Waals surface area contributed by atoms with Gasteiger partial charge in [-0.3, -0.25) is 9.69 Å². The predicted octanol–water partition coefficient (Wildman–Crippen LogP) is 4.07. The number of carbonyl (C=O) groups excluding carboxylic acids is 1. The second-order valence-corrected chi connectivity index (χ2v) is 10.8. The lowest BCUT2D eigenvalue weighted by Crippen LogP contribution is -2.40. The van der Waals surface area contributed by atoms with Crippen LogP contribution < -0.4 is 4.90 Å². The van der Waals surface area contributed by atoms with Gasteiger partial charge in [-0.1, -0.05) is 36.8 Å². The lowest BCUT2D eigenvalue weighted by atomic mass is 10.2. The van der Waals surface area contributed by atoms with E-state index in [9.17, 15) is 13.2 Å². The number of anilines is 1. The number of ether oxygens (including phenoxy) is 1. The Kier molecular flexibility index (Phi) is 6.90. The van der Waals surface area contributed by atoms with Crippen LogP contribution in [0.2, 0.25) is 0 Å². The third-order valence-electron chi connectivity index (χ3n) is 5.43. The van der Waals surface area contributed by atoms with Crippen molar-refractivity contribution in [3.63, 3.8) is 0 Å². The van der Waals surface area contributed by atoms with Crippen LogP contribution in [0.15, 0.2) is 47.4 Å². The third-order valence-corrected chi connectivity index (χ3v) is 8.37. The summed E-state index contributed by atoms with van der Waals surface area (Å²) in [6.07, 6.45) is 1.76. The van der Waals surface area contributed by atoms with Crippen molar-refractivity contribution in [3.05, 3.63) is 53.6 Å². The Morgan fingerprint density at radius 2 is 1.97 bits per heavy atom. The number of rotatable bonds is 7. The number of nitrogens with zero attached hydrogens (tertiary/aromatic N) is 3. The number of aromatic nitrogens is 1. The standard InChI is InChI=1S/C23H27N3O4S2/c1-3-4-10-26(23-24-20-9-8-17(2)15-21(20)31-23)22(27)18-6-5-7-19(16-18)32(28,29)25-11-13-30-14-12-25/h5-9,15-16H,3-4,10-14H2,1-2H3. The van der Waals surface area contributed by atoms with Gasteiger partial charge in [0, 0.05) is 25.2 Å². The first-order chi connectivity index (χ1) is 15.4. The van der Waals surface area contributed by atoms with Crippen LogP contribution in [0.25, 0.3) is 10.2 Å². The smallest absolute Gasteiger partial charge is 0.260 e. The molecule has 0 N–H and O–H groups in total. The molecule has 0 radical (unpaired) electrons. The molecule has 2 heterocycles. The van der Waals surface area contributed by atoms with Gasteiger partial charge in [-0.05, 0) is 49.2 Å². The van der Waals surface area contributed by atoms with E-state index in [2.05, 4.69) is 18.0 Å². The molecule has 4 rings (SSSR count). The van der Waals surface area contributed by atoms with E-state index >= 15 is 0 Å². The molecular weight excluding hydrogens is 446 g/mol. The molecule has 2 aromatic carbocycles. The van der Waals surface area contributed by atoms with Gasteiger partial charge >= 0.3 is 0 Å². The van der Waals surface area contributed by atoms with Gasteiger partial charge in [0.1, 0.15) is 0 Å². The van der Waals surface area contributed by atoms with E-state index in [-0.39, 0.29) is 10.8 Å². The monoisotopic (exact) mass is 473 g/mol. The minimum absolute atomic E-state index is 0.126. The Hall–Kier alpha value is -2.33. The Balaban J connectivity index is 1.67. The van der Waals surface area contributed by atoms with Crippen LogP contribution in [0.4, 0.5) is 5.13 Å². The van der Waals surface area contributed by atoms with Crippen LogP contribution in [0.5, 0.6) is 0 Å². The second-order valence-electron chi connectivity index (χ2n) is 7.82. The normalized spacial score (nSPS) is 15.2. The lowest BCUT2D eigenvalue weighted by molar-refractivity contribution is 0.0730. The summed E-state index contributed by atoms with van der Waals surface area (Å²) in [5, 5.41) is 0.630. The van der Waals surface area contributed by atoms with Crippen molar-refractivity contribution in [3.8, 4) is 0 Å². The van der Waals surface area contributed by atoms with Gasteiger partial charge in [-0.25, -0.2) is 13.4 Å². The third kappa shape index (κ3) is 4.71. The Morgan fingerprint density at radius 1 is 1.19 bits per heavy atom. The van der Waals surface area contributed by atoms with Crippen molar-refractivity contribution < 1.29 is 17.9 Å². The molecule has 3 aromatic rings. The summed E-state index contributed by atoms with van der Waals surface area (Å²) in [6, 6.07) is 12.3. The van der Waals surface area contributed by atoms with Gasteiger partial charge in [0.2, 0.25) is 10.0 Å². The topological polar surface area (TPSA) is 79.8 Å². The molecule has 0 aliphatic carbocycles. The number of benzene rings is 2. The maximum Gasteiger partial charge on any atom is 0.260 e. The molecule has 1 aliphatic rings. The van der Waals surface area contributed by atoms with Crippen molar-refractivity contribution >= 4 is 42.6 Å². The largest absolute Gasteiger partial charge is 0.379 e. The van der Waals surface area contributed by atoms with Crippen molar-refractivity contribution in [2.45, 2.75) is 31.6 Å². The van der Waals surface area contributed by atoms with Crippen molar-refractivity contribution in [1.82, 2.24) is 9.29 Å². The molecule has 0 unspecified atom stereocenters. The quantitative estimate of drug-likeness (QED) is 0.517. The lowest BCUT2D eigenvalue weighted by Gasteiger charge is -2.26. The average molecular weight is 474 g/mol. The fourth-order valence-corrected chi connectivity index (χ4v) is 6.16. The van der Waals surface area contributed by atoms with Crippen molar-refractivity contribution in [2.75, 3.05) is 37.7 Å². The van der Waals surface area contributed by atoms with Gasteiger partial charge in [-0.15, -0.1) is 0 Å². The van der Waals surface area contributed by atoms with E-state index in [1.54, 1.807) is 23.1 Å². The zero-order chi connectivity index (χ0) is 22.7. The summed E-state index contributed by atoms with van der Waals surface area (Å²) < 4.78 is 33.8.